The first-order valence-corrected chi connectivity index (χ1v) is 12.9. The molecule has 0 saturated carbocycles. The predicted octanol–water partition coefficient (Wildman–Crippen LogP) is 5.13. The second-order valence-corrected chi connectivity index (χ2v) is 12.1. The molecule has 6 nitrogen and oxygen atoms in total. The van der Waals surface area contributed by atoms with Crippen LogP contribution in [-0.2, 0) is 14.4 Å². The van der Waals surface area contributed by atoms with Gasteiger partial charge in [-0.1, -0.05) is 58.3 Å². The fourth-order valence-electron chi connectivity index (χ4n) is 3.73. The molecule has 0 aliphatic rings. The first-order chi connectivity index (χ1) is 15.8. The van der Waals surface area contributed by atoms with Gasteiger partial charge < -0.3 is 13.7 Å². The first kappa shape index (κ1) is 33.0. The van der Waals surface area contributed by atoms with Crippen LogP contribution in [0, 0.1) is 0 Å². The Bertz CT molecular complexity index is 648. The summed E-state index contributed by atoms with van der Waals surface area (Å²) in [5.41, 5.74) is 0. The van der Waals surface area contributed by atoms with Gasteiger partial charge in [-0.15, -0.1) is 0 Å². The van der Waals surface area contributed by atoms with Gasteiger partial charge in [0.2, 0.25) is 0 Å². The summed E-state index contributed by atoms with van der Waals surface area (Å²) in [5, 5.41) is 0. The summed E-state index contributed by atoms with van der Waals surface area (Å²) < 4.78 is 118. The van der Waals surface area contributed by atoms with Crippen molar-refractivity contribution in [3.05, 3.63) is 0 Å². The number of carbonyl (C=O) groups excluding carboxylic acids is 3. The maximum Gasteiger partial charge on any atom is 0.470 e. The quantitative estimate of drug-likeness (QED) is 0.194. The highest BCUT2D eigenvalue weighted by molar-refractivity contribution is 6.77. The molecule has 0 aliphatic heterocycles. The summed E-state index contributed by atoms with van der Waals surface area (Å²) in [7, 11) is -4.35. The Morgan fingerprint density at radius 2 is 0.800 bits per heavy atom. The van der Waals surface area contributed by atoms with E-state index in [0.29, 0.717) is 34.0 Å². The molecule has 0 bridgehead atoms. The van der Waals surface area contributed by atoms with Crippen LogP contribution in [0.3, 0.4) is 0 Å². The molecule has 0 aromatic carbocycles. The van der Waals surface area contributed by atoms with Gasteiger partial charge in [-0.05, 0) is 6.04 Å². The van der Waals surface area contributed by atoms with Crippen molar-refractivity contribution in [1.29, 1.82) is 0 Å². The lowest BCUT2D eigenvalue weighted by molar-refractivity contribution is -0.187. The number of alkyl halides is 9. The zero-order valence-corrected chi connectivity index (χ0v) is 20.8. The third-order valence-electron chi connectivity index (χ3n) is 5.62. The molecule has 35 heavy (non-hydrogen) atoms. The summed E-state index contributed by atoms with van der Waals surface area (Å²) >= 11 is 0. The maximum atomic E-state index is 13.2. The van der Waals surface area contributed by atoms with Crippen LogP contribution in [-0.4, -0.2) is 79.6 Å². The van der Waals surface area contributed by atoms with Gasteiger partial charge in [0.25, 0.3) is 0 Å². The Hall–Kier alpha value is -2.00. The van der Waals surface area contributed by atoms with E-state index < -0.39 is 50.9 Å². The monoisotopic (exact) mass is 547 g/mol. The SMILES string of the molecule is CCCCCCCCCC[Si](N(C)C(=O)C(F)(F)F)(N(C)C(=O)C(F)(F)F)N(C)C(=O)C(F)(F)F. The van der Waals surface area contributed by atoms with Gasteiger partial charge in [-0.25, -0.2) is 0 Å². The summed E-state index contributed by atoms with van der Waals surface area (Å²) in [4.78, 5) is 36.0. The molecular formula is C19H30F9N3O3Si. The van der Waals surface area contributed by atoms with Crippen LogP contribution in [0.2, 0.25) is 6.04 Å². The van der Waals surface area contributed by atoms with E-state index >= 15 is 0 Å². The average molecular weight is 548 g/mol. The van der Waals surface area contributed by atoms with Crippen molar-refractivity contribution in [2.24, 2.45) is 0 Å². The van der Waals surface area contributed by atoms with E-state index in [1.54, 1.807) is 0 Å². The summed E-state index contributed by atoms with van der Waals surface area (Å²) in [5.74, 6) is -8.31. The number of hydrogen-bond acceptors (Lipinski definition) is 3. The molecule has 0 aromatic rings. The van der Waals surface area contributed by atoms with E-state index in [9.17, 15) is 53.9 Å². The number of nitrogens with zero attached hydrogens (tertiary/aromatic N) is 3. The number of hydrogen-bond donors (Lipinski definition) is 0. The largest absolute Gasteiger partial charge is 0.470 e. The van der Waals surface area contributed by atoms with Gasteiger partial charge in [0, 0.05) is 21.1 Å². The molecule has 16 heteroatoms. The van der Waals surface area contributed by atoms with E-state index in [1.807, 2.05) is 6.92 Å². The van der Waals surface area contributed by atoms with E-state index in [1.165, 1.54) is 0 Å². The van der Waals surface area contributed by atoms with Crippen molar-refractivity contribution in [1.82, 2.24) is 13.7 Å². The smallest absolute Gasteiger partial charge is 0.330 e. The van der Waals surface area contributed by atoms with Crippen LogP contribution >= 0.6 is 0 Å². The van der Waals surface area contributed by atoms with Crippen LogP contribution in [0.25, 0.3) is 0 Å². The van der Waals surface area contributed by atoms with Crippen LogP contribution in [0.4, 0.5) is 39.5 Å². The van der Waals surface area contributed by atoms with Crippen LogP contribution in [0.1, 0.15) is 58.3 Å². The standard InChI is InChI=1S/C19H30F9N3O3Si/c1-5-6-7-8-9-10-11-12-13-35(29(2)14(32)17(20,21)22,30(3)15(33)18(23,24)25)31(4)16(34)19(26,27)28/h5-13H2,1-4H3. The lowest BCUT2D eigenvalue weighted by atomic mass is 10.1. The molecule has 0 fully saturated rings. The molecule has 0 saturated heterocycles. The Morgan fingerprint density at radius 3 is 1.06 bits per heavy atom. The molecule has 206 valence electrons. The van der Waals surface area contributed by atoms with Crippen molar-refractivity contribution in [3.63, 3.8) is 0 Å². The number of amides is 3. The van der Waals surface area contributed by atoms with Crippen molar-refractivity contribution in [2.75, 3.05) is 21.1 Å². The molecular weight excluding hydrogens is 517 g/mol. The van der Waals surface area contributed by atoms with Gasteiger partial charge in [0.15, 0.2) is 0 Å². The van der Waals surface area contributed by atoms with E-state index in [4.69, 9.17) is 0 Å². The van der Waals surface area contributed by atoms with Crippen LogP contribution in [0.5, 0.6) is 0 Å². The molecule has 0 heterocycles. The molecule has 0 rings (SSSR count). The number of unbranched alkanes of at least 4 members (excludes halogenated alkanes) is 7. The molecule has 0 aromatic heterocycles. The van der Waals surface area contributed by atoms with Crippen molar-refractivity contribution in [3.8, 4) is 0 Å². The highest BCUT2D eigenvalue weighted by Crippen LogP contribution is 2.34. The van der Waals surface area contributed by atoms with Gasteiger partial charge in [-0.3, -0.25) is 14.4 Å². The third-order valence-corrected chi connectivity index (χ3v) is 10.5. The molecule has 0 N–H and O–H groups in total. The van der Waals surface area contributed by atoms with Crippen molar-refractivity contribution < 1.29 is 53.9 Å². The second-order valence-electron chi connectivity index (χ2n) is 8.09. The minimum atomic E-state index is -5.68. The predicted molar refractivity (Wildman–Crippen MR) is 110 cm³/mol. The third kappa shape index (κ3) is 8.86. The number of carbonyl (C=O) groups is 3. The molecule has 0 radical (unpaired) electrons. The Morgan fingerprint density at radius 1 is 0.543 bits per heavy atom. The highest BCUT2D eigenvalue weighted by Gasteiger charge is 2.63. The van der Waals surface area contributed by atoms with Gasteiger partial charge in [0.1, 0.15) is 0 Å². The minimum absolute atomic E-state index is 0.191. The zero-order valence-electron chi connectivity index (χ0n) is 19.8. The zero-order chi connectivity index (χ0) is 27.8. The maximum absolute atomic E-state index is 13.2. The molecule has 0 atom stereocenters. The summed E-state index contributed by atoms with van der Waals surface area (Å²) in [6, 6.07) is -0.850. The molecule has 3 amide bonds. The molecule has 0 spiro atoms. The summed E-state index contributed by atoms with van der Waals surface area (Å²) in [6.07, 6.45) is -12.3. The van der Waals surface area contributed by atoms with Crippen LogP contribution in [0.15, 0.2) is 0 Å². The Balaban J connectivity index is 6.40. The fraction of sp³-hybridized carbons (Fsp3) is 0.842. The second kappa shape index (κ2) is 12.8. The highest BCUT2D eigenvalue weighted by atomic mass is 28.4. The Labute approximate surface area is 198 Å². The first-order valence-electron chi connectivity index (χ1n) is 10.8. The topological polar surface area (TPSA) is 60.9 Å². The molecule has 0 unspecified atom stereocenters. The lowest BCUT2D eigenvalue weighted by Crippen LogP contribution is -2.78. The fourth-order valence-corrected chi connectivity index (χ4v) is 8.17. The number of halogens is 9. The van der Waals surface area contributed by atoms with Gasteiger partial charge >= 0.3 is 44.8 Å². The normalized spacial score (nSPS) is 12.9. The van der Waals surface area contributed by atoms with Crippen molar-refractivity contribution in [2.45, 2.75) is 82.9 Å². The Kier molecular flexibility index (Phi) is 12.1. The lowest BCUT2D eigenvalue weighted by Gasteiger charge is -2.49. The average Bonchev–Trinajstić information content (AvgIpc) is 2.73. The minimum Gasteiger partial charge on any atom is -0.330 e. The van der Waals surface area contributed by atoms with Gasteiger partial charge in [0.05, 0.1) is 0 Å². The van der Waals surface area contributed by atoms with Crippen LogP contribution < -0.4 is 0 Å². The van der Waals surface area contributed by atoms with E-state index in [-0.39, 0.29) is 26.5 Å². The molecule has 0 aliphatic carbocycles. The van der Waals surface area contributed by atoms with E-state index in [0.717, 1.165) is 25.7 Å². The number of rotatable bonds is 12. The summed E-state index contributed by atoms with van der Waals surface area (Å²) in [6.45, 7) is 1.99. The van der Waals surface area contributed by atoms with E-state index in [2.05, 4.69) is 0 Å². The van der Waals surface area contributed by atoms with Crippen molar-refractivity contribution >= 4 is 26.3 Å². The van der Waals surface area contributed by atoms with Gasteiger partial charge in [-0.2, -0.15) is 39.5 Å².